The third-order valence-electron chi connectivity index (χ3n) is 5.83. The van der Waals surface area contributed by atoms with Crippen LogP contribution in [-0.4, -0.2) is 26.5 Å². The summed E-state index contributed by atoms with van der Waals surface area (Å²) in [6.07, 6.45) is 9.03. The molecule has 0 fully saturated rings. The van der Waals surface area contributed by atoms with Crippen molar-refractivity contribution in [1.29, 1.82) is 0 Å². The van der Waals surface area contributed by atoms with Crippen LogP contribution in [-0.2, 0) is 6.42 Å². The number of benzene rings is 3. The van der Waals surface area contributed by atoms with E-state index in [1.165, 1.54) is 28.6 Å². The SMILES string of the molecule is C=CCB(c1ccccc1)c1cccc(CC(Cl)C(C)Br)c1.Cc1cc(F)ccc1-n1ccnc1. The maximum Gasteiger partial charge on any atom is 0.213 e. The van der Waals surface area contributed by atoms with E-state index < -0.39 is 0 Å². The number of nitrogens with zero attached hydrogens (tertiary/aromatic N) is 2. The second kappa shape index (κ2) is 13.5. The summed E-state index contributed by atoms with van der Waals surface area (Å²) < 4.78 is 14.6. The Balaban J connectivity index is 0.000000223. The highest BCUT2D eigenvalue weighted by Gasteiger charge is 2.18. The number of rotatable bonds is 8. The summed E-state index contributed by atoms with van der Waals surface area (Å²) in [5.74, 6) is -0.207. The number of aromatic nitrogens is 2. The van der Waals surface area contributed by atoms with Gasteiger partial charge in [0.1, 0.15) is 5.82 Å². The van der Waals surface area contributed by atoms with Crippen LogP contribution in [0.5, 0.6) is 0 Å². The average Bonchev–Trinajstić information content (AvgIpc) is 3.38. The van der Waals surface area contributed by atoms with Gasteiger partial charge in [-0.1, -0.05) is 94.5 Å². The first-order valence-corrected chi connectivity index (χ1v) is 13.0. The van der Waals surface area contributed by atoms with Gasteiger partial charge in [0, 0.05) is 28.3 Å². The number of aryl methyl sites for hydroxylation is 1. The van der Waals surface area contributed by atoms with Gasteiger partial charge in [0.2, 0.25) is 6.71 Å². The van der Waals surface area contributed by atoms with Crippen molar-refractivity contribution in [2.45, 2.75) is 36.8 Å². The van der Waals surface area contributed by atoms with Crippen LogP contribution in [0.4, 0.5) is 4.39 Å². The van der Waals surface area contributed by atoms with Gasteiger partial charge in [-0.15, -0.1) is 18.2 Å². The molecule has 2 unspecified atom stereocenters. The number of hydrogen-bond acceptors (Lipinski definition) is 1. The van der Waals surface area contributed by atoms with Crippen LogP contribution in [0.15, 0.2) is 104 Å². The zero-order valence-corrected chi connectivity index (χ0v) is 22.5. The van der Waals surface area contributed by atoms with Crippen LogP contribution in [0.25, 0.3) is 5.69 Å². The summed E-state index contributed by atoms with van der Waals surface area (Å²) in [4.78, 5) is 4.23. The van der Waals surface area contributed by atoms with Crippen LogP contribution in [0.1, 0.15) is 18.1 Å². The van der Waals surface area contributed by atoms with E-state index in [9.17, 15) is 4.39 Å². The minimum absolute atomic E-state index is 0.102. The molecule has 0 bridgehead atoms. The van der Waals surface area contributed by atoms with Gasteiger partial charge in [0.05, 0.1) is 6.33 Å². The Morgan fingerprint density at radius 1 is 1.09 bits per heavy atom. The van der Waals surface area contributed by atoms with Crippen molar-refractivity contribution >= 4 is 45.2 Å². The normalized spacial score (nSPS) is 12.3. The van der Waals surface area contributed by atoms with Gasteiger partial charge in [-0.05, 0) is 49.0 Å². The predicted molar refractivity (Wildman–Crippen MR) is 153 cm³/mol. The Morgan fingerprint density at radius 3 is 2.46 bits per heavy atom. The molecule has 6 heteroatoms. The van der Waals surface area contributed by atoms with Crippen molar-refractivity contribution in [3.05, 3.63) is 121 Å². The molecule has 4 aromatic rings. The molecule has 2 nitrogen and oxygen atoms in total. The fourth-order valence-corrected chi connectivity index (χ4v) is 4.32. The Morgan fingerprint density at radius 2 is 1.83 bits per heavy atom. The minimum atomic E-state index is -0.207. The number of imidazole rings is 1. The Kier molecular flexibility index (Phi) is 10.4. The predicted octanol–water partition coefficient (Wildman–Crippen LogP) is 6.73. The van der Waals surface area contributed by atoms with Gasteiger partial charge in [0.15, 0.2) is 0 Å². The zero-order chi connectivity index (χ0) is 25.2. The van der Waals surface area contributed by atoms with Gasteiger partial charge < -0.3 is 4.57 Å². The van der Waals surface area contributed by atoms with E-state index in [1.807, 2.05) is 23.8 Å². The molecule has 3 aromatic carbocycles. The van der Waals surface area contributed by atoms with Crippen molar-refractivity contribution < 1.29 is 4.39 Å². The molecule has 0 aliphatic heterocycles. The lowest BCUT2D eigenvalue weighted by molar-refractivity contribution is 0.626. The number of hydrogen-bond donors (Lipinski definition) is 0. The molecular weight excluding hydrogens is 522 g/mol. The summed E-state index contributed by atoms with van der Waals surface area (Å²) in [5.41, 5.74) is 5.80. The molecule has 0 amide bonds. The number of allylic oxidation sites excluding steroid dienone is 1. The second-order valence-electron chi connectivity index (χ2n) is 8.53. The van der Waals surface area contributed by atoms with Crippen LogP contribution in [0.3, 0.4) is 0 Å². The molecule has 2 atom stereocenters. The van der Waals surface area contributed by atoms with Crippen molar-refractivity contribution in [2.75, 3.05) is 0 Å². The van der Waals surface area contributed by atoms with E-state index >= 15 is 0 Å². The lowest BCUT2D eigenvalue weighted by Crippen LogP contribution is -2.41. The lowest BCUT2D eigenvalue weighted by atomic mass is 9.38. The minimum Gasteiger partial charge on any atom is -0.306 e. The molecule has 0 saturated heterocycles. The Bertz CT molecular complexity index is 1200. The van der Waals surface area contributed by atoms with Gasteiger partial charge in [0.25, 0.3) is 0 Å². The first kappa shape index (κ1) is 27.0. The van der Waals surface area contributed by atoms with Crippen molar-refractivity contribution in [1.82, 2.24) is 9.55 Å². The smallest absolute Gasteiger partial charge is 0.213 e. The van der Waals surface area contributed by atoms with Gasteiger partial charge in [-0.3, -0.25) is 0 Å². The molecule has 0 spiro atoms. The summed E-state index contributed by atoms with van der Waals surface area (Å²) in [5, 5.41) is 0.102. The topological polar surface area (TPSA) is 17.8 Å². The molecule has 1 aromatic heterocycles. The Labute approximate surface area is 222 Å². The van der Waals surface area contributed by atoms with E-state index in [0.29, 0.717) is 11.5 Å². The van der Waals surface area contributed by atoms with E-state index in [0.717, 1.165) is 24.0 Å². The maximum absolute atomic E-state index is 12.8. The molecule has 35 heavy (non-hydrogen) atoms. The quantitative estimate of drug-likeness (QED) is 0.135. The van der Waals surface area contributed by atoms with Gasteiger partial charge in [-0.25, -0.2) is 9.37 Å². The fourth-order valence-electron chi connectivity index (χ4n) is 3.95. The largest absolute Gasteiger partial charge is 0.306 e. The monoisotopic (exact) mass is 550 g/mol. The molecule has 0 aliphatic carbocycles. The highest BCUT2D eigenvalue weighted by Crippen LogP contribution is 2.17. The molecule has 180 valence electrons. The van der Waals surface area contributed by atoms with E-state index in [-0.39, 0.29) is 11.2 Å². The van der Waals surface area contributed by atoms with E-state index in [1.54, 1.807) is 18.6 Å². The molecule has 4 rings (SSSR count). The van der Waals surface area contributed by atoms with Crippen molar-refractivity contribution in [3.63, 3.8) is 0 Å². The van der Waals surface area contributed by atoms with Gasteiger partial charge >= 0.3 is 0 Å². The Hall–Kier alpha value is -2.63. The van der Waals surface area contributed by atoms with Crippen LogP contribution < -0.4 is 10.9 Å². The zero-order valence-electron chi connectivity index (χ0n) is 20.1. The number of alkyl halides is 2. The first-order valence-electron chi connectivity index (χ1n) is 11.7. The molecule has 0 N–H and O–H groups in total. The standard InChI is InChI=1S/C19H21BBrCl.C10H9FN2/c1-3-12-20(17-9-5-4-6-10-17)18-11-7-8-16(13-18)14-19(22)15(2)21;1-8-6-9(11)2-3-10(8)13-5-4-12-7-13/h3-11,13,15,19H,1,12,14H2,2H3;2-7H,1H3. The van der Waals surface area contributed by atoms with Crippen LogP contribution in [0, 0.1) is 12.7 Å². The molecule has 0 radical (unpaired) electrons. The lowest BCUT2D eigenvalue weighted by Gasteiger charge is -2.16. The summed E-state index contributed by atoms with van der Waals surface area (Å²) in [6, 6.07) is 24.1. The molecule has 1 heterocycles. The fraction of sp³-hybridized carbons (Fsp3) is 0.207. The first-order chi connectivity index (χ1) is 16.9. The van der Waals surface area contributed by atoms with Crippen molar-refractivity contribution in [2.24, 2.45) is 0 Å². The van der Waals surface area contributed by atoms with E-state index in [4.69, 9.17) is 11.6 Å². The molecule has 0 aliphatic rings. The maximum atomic E-state index is 12.8. The van der Waals surface area contributed by atoms with Crippen molar-refractivity contribution in [3.8, 4) is 5.69 Å². The average molecular weight is 552 g/mol. The molecular formula is C29H30BBrClFN2. The van der Waals surface area contributed by atoms with E-state index in [2.05, 4.69) is 89.0 Å². The summed E-state index contributed by atoms with van der Waals surface area (Å²) >= 11 is 9.96. The van der Waals surface area contributed by atoms with Crippen LogP contribution >= 0.6 is 27.5 Å². The number of halogens is 3. The third-order valence-corrected chi connectivity index (χ3v) is 7.30. The summed E-state index contributed by atoms with van der Waals surface area (Å²) in [7, 11) is 0. The van der Waals surface area contributed by atoms with Gasteiger partial charge in [-0.2, -0.15) is 0 Å². The third kappa shape index (κ3) is 7.94. The highest BCUT2D eigenvalue weighted by atomic mass is 79.9. The van der Waals surface area contributed by atoms with Crippen LogP contribution in [0.2, 0.25) is 6.32 Å². The summed E-state index contributed by atoms with van der Waals surface area (Å²) in [6.45, 7) is 8.24. The highest BCUT2D eigenvalue weighted by molar-refractivity contribution is 9.09. The second-order valence-corrected chi connectivity index (χ2v) is 10.5. The molecule has 0 saturated carbocycles.